The van der Waals surface area contributed by atoms with Gasteiger partial charge in [0.05, 0.1) is 0 Å². The van der Waals surface area contributed by atoms with Crippen LogP contribution in [0.25, 0.3) is 0 Å². The molecular weight excluding hydrogens is 284 g/mol. The van der Waals surface area contributed by atoms with Crippen LogP contribution in [0.3, 0.4) is 0 Å². The lowest BCUT2D eigenvalue weighted by atomic mass is 10.1. The van der Waals surface area contributed by atoms with Crippen LogP contribution >= 0.6 is 0 Å². The van der Waals surface area contributed by atoms with Gasteiger partial charge < -0.3 is 5.73 Å². The van der Waals surface area contributed by atoms with Crippen molar-refractivity contribution in [3.05, 3.63) is 96.1 Å². The first-order valence-corrected chi connectivity index (χ1v) is 7.53. The lowest BCUT2D eigenvalue weighted by Gasteiger charge is -2.23. The molecule has 1 amide bonds. The van der Waals surface area contributed by atoms with Crippen molar-refractivity contribution in [3.8, 4) is 0 Å². The molecule has 0 aliphatic heterocycles. The van der Waals surface area contributed by atoms with Gasteiger partial charge in [0.25, 0.3) is 5.91 Å². The van der Waals surface area contributed by atoms with Gasteiger partial charge in [-0.3, -0.25) is 9.69 Å². The molecule has 3 aromatic carbocycles. The van der Waals surface area contributed by atoms with Gasteiger partial charge in [-0.25, -0.2) is 0 Å². The average Bonchev–Trinajstić information content (AvgIpc) is 2.64. The van der Waals surface area contributed by atoms with E-state index in [9.17, 15) is 4.79 Å². The van der Waals surface area contributed by atoms with Gasteiger partial charge in [0.1, 0.15) is 0 Å². The van der Waals surface area contributed by atoms with E-state index >= 15 is 0 Å². The number of carbonyl (C=O) groups is 1. The predicted octanol–water partition coefficient (Wildman–Crippen LogP) is 4.12. The van der Waals surface area contributed by atoms with Crippen LogP contribution < -0.4 is 10.6 Å². The average molecular weight is 302 g/mol. The summed E-state index contributed by atoms with van der Waals surface area (Å²) < 4.78 is 0. The molecule has 2 N–H and O–H groups in total. The van der Waals surface area contributed by atoms with Crippen molar-refractivity contribution in [2.75, 3.05) is 4.90 Å². The minimum atomic E-state index is -0.0639. The summed E-state index contributed by atoms with van der Waals surface area (Å²) in [5.41, 5.74) is 8.94. The number of anilines is 2. The summed E-state index contributed by atoms with van der Waals surface area (Å²) in [6.45, 7) is 0.468. The molecule has 0 aliphatic carbocycles. The Kier molecular flexibility index (Phi) is 4.50. The molecule has 0 atom stereocenters. The highest BCUT2D eigenvalue weighted by molar-refractivity contribution is 6.10. The molecule has 0 aliphatic rings. The Balaban J connectivity index is 2.02. The van der Waals surface area contributed by atoms with E-state index in [1.807, 2.05) is 84.9 Å². The second-order valence-corrected chi connectivity index (χ2v) is 5.21. The van der Waals surface area contributed by atoms with Crippen molar-refractivity contribution in [2.24, 2.45) is 5.73 Å². The van der Waals surface area contributed by atoms with Crippen molar-refractivity contribution in [1.29, 1.82) is 0 Å². The molecule has 0 heterocycles. The largest absolute Gasteiger partial charge is 0.326 e. The highest BCUT2D eigenvalue weighted by atomic mass is 16.2. The van der Waals surface area contributed by atoms with Crippen molar-refractivity contribution in [1.82, 2.24) is 0 Å². The lowest BCUT2D eigenvalue weighted by molar-refractivity contribution is 0.0999. The fraction of sp³-hybridized carbons (Fsp3) is 0.0500. The maximum atomic E-state index is 13.0. The first-order valence-electron chi connectivity index (χ1n) is 7.53. The third kappa shape index (κ3) is 3.30. The fourth-order valence-corrected chi connectivity index (χ4v) is 2.45. The van der Waals surface area contributed by atoms with Crippen molar-refractivity contribution in [2.45, 2.75) is 6.54 Å². The molecule has 0 fully saturated rings. The van der Waals surface area contributed by atoms with Crippen LogP contribution in [0.1, 0.15) is 15.9 Å². The van der Waals surface area contributed by atoms with E-state index in [1.54, 1.807) is 4.90 Å². The Labute approximate surface area is 136 Å². The summed E-state index contributed by atoms with van der Waals surface area (Å²) in [6, 6.07) is 26.7. The molecule has 0 aromatic heterocycles. The molecule has 0 unspecified atom stereocenters. The molecule has 23 heavy (non-hydrogen) atoms. The van der Waals surface area contributed by atoms with Gasteiger partial charge in [0.15, 0.2) is 0 Å². The quantitative estimate of drug-likeness (QED) is 0.788. The van der Waals surface area contributed by atoms with Crippen molar-refractivity contribution >= 4 is 17.3 Å². The monoisotopic (exact) mass is 302 g/mol. The van der Waals surface area contributed by atoms with Gasteiger partial charge in [-0.1, -0.05) is 48.5 Å². The number of para-hydroxylation sites is 2. The number of amides is 1. The molecule has 3 aromatic rings. The molecule has 0 radical (unpaired) electrons. The summed E-state index contributed by atoms with van der Waals surface area (Å²) in [6.07, 6.45) is 0. The van der Waals surface area contributed by atoms with Gasteiger partial charge in [-0.2, -0.15) is 0 Å². The molecule has 0 spiro atoms. The second-order valence-electron chi connectivity index (χ2n) is 5.21. The number of hydrogen-bond donors (Lipinski definition) is 1. The molecule has 0 bridgehead atoms. The van der Waals surface area contributed by atoms with Crippen LogP contribution in [0.2, 0.25) is 0 Å². The number of rotatable bonds is 4. The lowest BCUT2D eigenvalue weighted by Crippen LogP contribution is -2.25. The number of benzene rings is 3. The second kappa shape index (κ2) is 6.90. The van der Waals surface area contributed by atoms with Crippen LogP contribution in [0.4, 0.5) is 11.4 Å². The van der Waals surface area contributed by atoms with Crippen LogP contribution in [-0.4, -0.2) is 5.91 Å². The van der Waals surface area contributed by atoms with E-state index in [0.29, 0.717) is 12.1 Å². The Morgan fingerprint density at radius 3 is 1.65 bits per heavy atom. The van der Waals surface area contributed by atoms with Gasteiger partial charge in [-0.05, 0) is 42.0 Å². The third-order valence-corrected chi connectivity index (χ3v) is 3.67. The van der Waals surface area contributed by atoms with Crippen molar-refractivity contribution in [3.63, 3.8) is 0 Å². The summed E-state index contributed by atoms with van der Waals surface area (Å²) in [5, 5.41) is 0. The van der Waals surface area contributed by atoms with Gasteiger partial charge in [0.2, 0.25) is 0 Å². The zero-order valence-corrected chi connectivity index (χ0v) is 12.7. The molecule has 3 nitrogen and oxygen atoms in total. The highest BCUT2D eigenvalue weighted by Gasteiger charge is 2.19. The molecule has 114 valence electrons. The summed E-state index contributed by atoms with van der Waals surface area (Å²) >= 11 is 0. The minimum absolute atomic E-state index is 0.0639. The number of nitrogens with zero attached hydrogens (tertiary/aromatic N) is 1. The van der Waals surface area contributed by atoms with Gasteiger partial charge in [0, 0.05) is 23.5 Å². The van der Waals surface area contributed by atoms with E-state index < -0.39 is 0 Å². The van der Waals surface area contributed by atoms with Gasteiger partial charge >= 0.3 is 0 Å². The predicted molar refractivity (Wildman–Crippen MR) is 93.7 cm³/mol. The Hall–Kier alpha value is -2.91. The normalized spacial score (nSPS) is 10.3. The van der Waals surface area contributed by atoms with Crippen LogP contribution in [-0.2, 0) is 6.54 Å². The maximum absolute atomic E-state index is 13.0. The Bertz CT molecular complexity index is 728. The molecule has 3 rings (SSSR count). The first kappa shape index (κ1) is 15.0. The SMILES string of the molecule is NCc1ccc(C(=O)N(c2ccccc2)c2ccccc2)cc1. The molecule has 3 heteroatoms. The Morgan fingerprint density at radius 2 is 1.22 bits per heavy atom. The number of carbonyl (C=O) groups excluding carboxylic acids is 1. The van der Waals surface area contributed by atoms with E-state index in [0.717, 1.165) is 16.9 Å². The summed E-state index contributed by atoms with van der Waals surface area (Å²) in [7, 11) is 0. The zero-order valence-electron chi connectivity index (χ0n) is 12.7. The van der Waals surface area contributed by atoms with E-state index in [2.05, 4.69) is 0 Å². The van der Waals surface area contributed by atoms with Crippen LogP contribution in [0.15, 0.2) is 84.9 Å². The topological polar surface area (TPSA) is 46.3 Å². The standard InChI is InChI=1S/C20H18N2O/c21-15-16-11-13-17(14-12-16)20(23)22(18-7-3-1-4-8-18)19-9-5-2-6-10-19/h1-14H,15,21H2. The van der Waals surface area contributed by atoms with Crippen LogP contribution in [0.5, 0.6) is 0 Å². The molecule has 0 saturated heterocycles. The Morgan fingerprint density at radius 1 is 0.739 bits per heavy atom. The van der Waals surface area contributed by atoms with E-state index in [-0.39, 0.29) is 5.91 Å². The van der Waals surface area contributed by atoms with Crippen molar-refractivity contribution < 1.29 is 4.79 Å². The minimum Gasteiger partial charge on any atom is -0.326 e. The number of nitrogens with two attached hydrogens (primary N) is 1. The summed E-state index contributed by atoms with van der Waals surface area (Å²) in [5.74, 6) is -0.0639. The number of hydrogen-bond acceptors (Lipinski definition) is 2. The molecule has 0 saturated carbocycles. The van der Waals surface area contributed by atoms with E-state index in [1.165, 1.54) is 0 Å². The highest BCUT2D eigenvalue weighted by Crippen LogP contribution is 2.27. The van der Waals surface area contributed by atoms with Crippen LogP contribution in [0, 0.1) is 0 Å². The fourth-order valence-electron chi connectivity index (χ4n) is 2.45. The maximum Gasteiger partial charge on any atom is 0.262 e. The molecular formula is C20H18N2O. The summed E-state index contributed by atoms with van der Waals surface area (Å²) in [4.78, 5) is 14.8. The van der Waals surface area contributed by atoms with Gasteiger partial charge in [-0.15, -0.1) is 0 Å². The zero-order chi connectivity index (χ0) is 16.1. The third-order valence-electron chi connectivity index (χ3n) is 3.67. The smallest absolute Gasteiger partial charge is 0.262 e. The van der Waals surface area contributed by atoms with E-state index in [4.69, 9.17) is 5.73 Å². The first-order chi connectivity index (χ1) is 11.3.